The summed E-state index contributed by atoms with van der Waals surface area (Å²) in [6, 6.07) is 0. The predicted molar refractivity (Wildman–Crippen MR) is 71.2 cm³/mol. The molecule has 0 saturated carbocycles. The van der Waals surface area contributed by atoms with Crippen LogP contribution in [0.4, 0.5) is 5.82 Å². The van der Waals surface area contributed by atoms with Crippen LogP contribution in [0.15, 0.2) is 12.4 Å². The van der Waals surface area contributed by atoms with Crippen molar-refractivity contribution in [2.24, 2.45) is 0 Å². The van der Waals surface area contributed by atoms with E-state index in [1.807, 2.05) is 13.8 Å². The van der Waals surface area contributed by atoms with Crippen molar-refractivity contribution in [3.05, 3.63) is 17.5 Å². The molecule has 7 nitrogen and oxygen atoms in total. The second-order valence-corrected chi connectivity index (χ2v) is 6.47. The number of halogens is 1. The monoisotopic (exact) mass is 306 g/mol. The molecule has 2 heterocycles. The smallest absolute Gasteiger partial charge is 0.303 e. The molecule has 1 aliphatic heterocycles. The highest BCUT2D eigenvalue weighted by Crippen LogP contribution is 2.16. The Kier molecular flexibility index (Phi) is 4.24. The fraction of sp³-hybridized carbons (Fsp3) is 0.600. The van der Waals surface area contributed by atoms with Crippen LogP contribution in [0.5, 0.6) is 0 Å². The third kappa shape index (κ3) is 3.75. The van der Waals surface area contributed by atoms with Crippen molar-refractivity contribution in [2.75, 3.05) is 17.8 Å². The minimum absolute atomic E-state index is 0.0966. The summed E-state index contributed by atoms with van der Waals surface area (Å²) in [7, 11) is -3.68. The van der Waals surface area contributed by atoms with E-state index in [0.29, 0.717) is 13.1 Å². The fourth-order valence-corrected chi connectivity index (χ4v) is 3.37. The lowest BCUT2D eigenvalue weighted by atomic mass is 10.3. The molecule has 2 unspecified atom stereocenters. The van der Waals surface area contributed by atoms with Crippen molar-refractivity contribution in [3.8, 4) is 0 Å². The van der Waals surface area contributed by atoms with Gasteiger partial charge in [0, 0.05) is 13.1 Å². The van der Waals surface area contributed by atoms with Gasteiger partial charge in [-0.25, -0.2) is 4.98 Å². The van der Waals surface area contributed by atoms with Gasteiger partial charge in [-0.3, -0.25) is 9.71 Å². The first kappa shape index (κ1) is 14.4. The van der Waals surface area contributed by atoms with Gasteiger partial charge < -0.3 is 4.74 Å². The summed E-state index contributed by atoms with van der Waals surface area (Å²) in [4.78, 5) is 7.62. The lowest BCUT2D eigenvalue weighted by molar-refractivity contribution is -0.0439. The summed E-state index contributed by atoms with van der Waals surface area (Å²) in [5.41, 5.74) is 0. The normalized spacial score (nSPS) is 25.2. The van der Waals surface area contributed by atoms with E-state index in [-0.39, 0.29) is 23.2 Å². The Morgan fingerprint density at radius 2 is 2.00 bits per heavy atom. The highest BCUT2D eigenvalue weighted by Gasteiger charge is 2.31. The number of morpholine rings is 1. The average molecular weight is 307 g/mol. The Bertz CT molecular complexity index is 543. The maximum absolute atomic E-state index is 12.2. The molecular weight excluding hydrogens is 292 g/mol. The third-order valence-corrected chi connectivity index (χ3v) is 4.19. The third-order valence-electron chi connectivity index (χ3n) is 2.56. The summed E-state index contributed by atoms with van der Waals surface area (Å²) in [5, 5.41) is 0.129. The fourth-order valence-electron chi connectivity index (χ4n) is 1.92. The van der Waals surface area contributed by atoms with E-state index in [4.69, 9.17) is 16.3 Å². The number of hydrogen-bond donors (Lipinski definition) is 1. The Balaban J connectivity index is 2.14. The average Bonchev–Trinajstić information content (AvgIpc) is 2.26. The second-order valence-electron chi connectivity index (χ2n) is 4.41. The first-order chi connectivity index (χ1) is 8.87. The van der Waals surface area contributed by atoms with E-state index in [2.05, 4.69) is 14.7 Å². The molecule has 1 N–H and O–H groups in total. The van der Waals surface area contributed by atoms with Crippen molar-refractivity contribution in [2.45, 2.75) is 26.1 Å². The first-order valence-corrected chi connectivity index (χ1v) is 7.59. The molecule has 0 aliphatic carbocycles. The molecule has 0 bridgehead atoms. The van der Waals surface area contributed by atoms with Crippen molar-refractivity contribution >= 4 is 27.6 Å². The predicted octanol–water partition coefficient (Wildman–Crippen LogP) is 0.896. The number of rotatable bonds is 3. The van der Waals surface area contributed by atoms with Crippen LogP contribution in [0.3, 0.4) is 0 Å². The highest BCUT2D eigenvalue weighted by molar-refractivity contribution is 7.90. The summed E-state index contributed by atoms with van der Waals surface area (Å²) in [6.07, 6.45) is 2.34. The number of hydrogen-bond acceptors (Lipinski definition) is 5. The van der Waals surface area contributed by atoms with Gasteiger partial charge in [0.1, 0.15) is 5.15 Å². The maximum atomic E-state index is 12.2. The topological polar surface area (TPSA) is 84.4 Å². The standard InChI is InChI=1S/C10H15ClN4O3S/c1-7-5-15(6-8(2)18-7)19(16,17)14-10-4-12-3-9(11)13-10/h3-4,7-8H,5-6H2,1-2H3,(H,13,14). The molecule has 0 radical (unpaired) electrons. The van der Waals surface area contributed by atoms with Crippen LogP contribution in [0.1, 0.15) is 13.8 Å². The summed E-state index contributed by atoms with van der Waals surface area (Å²) >= 11 is 5.66. The molecular formula is C10H15ClN4O3S. The lowest BCUT2D eigenvalue weighted by Gasteiger charge is -2.34. The van der Waals surface area contributed by atoms with Gasteiger partial charge in [-0.05, 0) is 13.8 Å². The van der Waals surface area contributed by atoms with Gasteiger partial charge in [0.2, 0.25) is 0 Å². The number of ether oxygens (including phenoxy) is 1. The molecule has 2 atom stereocenters. The minimum atomic E-state index is -3.68. The Hall–Kier alpha value is -0.960. The van der Waals surface area contributed by atoms with Crippen LogP contribution < -0.4 is 4.72 Å². The zero-order valence-electron chi connectivity index (χ0n) is 10.6. The molecule has 0 spiro atoms. The van der Waals surface area contributed by atoms with E-state index in [1.54, 1.807) is 0 Å². The second kappa shape index (κ2) is 5.58. The number of nitrogens with zero attached hydrogens (tertiary/aromatic N) is 3. The van der Waals surface area contributed by atoms with Crippen molar-refractivity contribution < 1.29 is 13.2 Å². The number of nitrogens with one attached hydrogen (secondary N) is 1. The van der Waals surface area contributed by atoms with Gasteiger partial charge in [-0.15, -0.1) is 0 Å². The van der Waals surface area contributed by atoms with Crippen molar-refractivity contribution in [1.29, 1.82) is 0 Å². The highest BCUT2D eigenvalue weighted by atomic mass is 35.5. The summed E-state index contributed by atoms with van der Waals surface area (Å²) in [5.74, 6) is 0.0966. The summed E-state index contributed by atoms with van der Waals surface area (Å²) in [6.45, 7) is 4.26. The SMILES string of the molecule is CC1CN(S(=O)(=O)Nc2cncc(Cl)n2)CC(C)O1. The molecule has 19 heavy (non-hydrogen) atoms. The van der Waals surface area contributed by atoms with E-state index in [0.717, 1.165) is 0 Å². The van der Waals surface area contributed by atoms with Crippen LogP contribution >= 0.6 is 11.6 Å². The van der Waals surface area contributed by atoms with E-state index >= 15 is 0 Å². The quantitative estimate of drug-likeness (QED) is 0.896. The van der Waals surface area contributed by atoms with E-state index in [9.17, 15) is 8.42 Å². The molecule has 1 saturated heterocycles. The Morgan fingerprint density at radius 3 is 2.58 bits per heavy atom. The molecule has 0 aromatic carbocycles. The summed E-state index contributed by atoms with van der Waals surface area (Å²) < 4.78 is 33.6. The molecule has 1 aromatic rings. The molecule has 0 amide bonds. The van der Waals surface area contributed by atoms with E-state index < -0.39 is 10.2 Å². The minimum Gasteiger partial charge on any atom is -0.373 e. The molecule has 1 fully saturated rings. The van der Waals surface area contributed by atoms with Gasteiger partial charge in [0.25, 0.3) is 0 Å². The first-order valence-electron chi connectivity index (χ1n) is 5.78. The van der Waals surface area contributed by atoms with Crippen molar-refractivity contribution in [3.63, 3.8) is 0 Å². The molecule has 1 aliphatic rings. The Morgan fingerprint density at radius 1 is 1.37 bits per heavy atom. The van der Waals surface area contributed by atoms with Gasteiger partial charge in [0.15, 0.2) is 5.82 Å². The van der Waals surface area contributed by atoms with Crippen LogP contribution in [0.2, 0.25) is 5.15 Å². The maximum Gasteiger partial charge on any atom is 0.303 e. The zero-order chi connectivity index (χ0) is 14.0. The largest absolute Gasteiger partial charge is 0.373 e. The molecule has 2 rings (SSSR count). The molecule has 9 heteroatoms. The number of anilines is 1. The lowest BCUT2D eigenvalue weighted by Crippen LogP contribution is -2.50. The van der Waals surface area contributed by atoms with Gasteiger partial charge in [-0.1, -0.05) is 11.6 Å². The van der Waals surface area contributed by atoms with Crippen LogP contribution in [-0.2, 0) is 14.9 Å². The van der Waals surface area contributed by atoms with Gasteiger partial charge >= 0.3 is 10.2 Å². The number of aromatic nitrogens is 2. The molecule has 1 aromatic heterocycles. The van der Waals surface area contributed by atoms with Crippen molar-refractivity contribution in [1.82, 2.24) is 14.3 Å². The Labute approximate surface area is 117 Å². The van der Waals surface area contributed by atoms with Gasteiger partial charge in [0.05, 0.1) is 24.6 Å². The van der Waals surface area contributed by atoms with E-state index in [1.165, 1.54) is 16.7 Å². The van der Waals surface area contributed by atoms with Crippen LogP contribution in [0, 0.1) is 0 Å². The van der Waals surface area contributed by atoms with Crippen LogP contribution in [0.25, 0.3) is 0 Å². The zero-order valence-corrected chi connectivity index (χ0v) is 12.1. The molecule has 106 valence electrons. The van der Waals surface area contributed by atoms with Crippen LogP contribution in [-0.4, -0.2) is 48.0 Å². The van der Waals surface area contributed by atoms with Gasteiger partial charge in [-0.2, -0.15) is 12.7 Å².